The van der Waals surface area contributed by atoms with Gasteiger partial charge in [0.15, 0.2) is 0 Å². The summed E-state index contributed by atoms with van der Waals surface area (Å²) in [5.74, 6) is 0. The van der Waals surface area contributed by atoms with Crippen LogP contribution in [-0.2, 0) is 21.1 Å². The van der Waals surface area contributed by atoms with Gasteiger partial charge in [-0.25, -0.2) is 0 Å². The van der Waals surface area contributed by atoms with Crippen molar-refractivity contribution in [3.05, 3.63) is 197 Å². The topological polar surface area (TPSA) is 0 Å². The SMILES string of the molecule is [CH3-].[CH3-].[Pt+2].c1ccc(P(c2ccccc2)c2ccccc2)cc1.c1ccc(P(c2ccccc2)c2ccccc2)cc1. The van der Waals surface area contributed by atoms with Crippen LogP contribution in [0.1, 0.15) is 0 Å². The van der Waals surface area contributed by atoms with E-state index in [1.165, 1.54) is 31.8 Å². The Morgan fingerprint density at radius 2 is 0.341 bits per heavy atom. The molecule has 0 atom stereocenters. The van der Waals surface area contributed by atoms with Crippen molar-refractivity contribution in [3.8, 4) is 0 Å². The van der Waals surface area contributed by atoms with Gasteiger partial charge in [-0.05, 0) is 47.7 Å². The van der Waals surface area contributed by atoms with Crippen LogP contribution in [0.4, 0.5) is 0 Å². The van der Waals surface area contributed by atoms with E-state index in [1.54, 1.807) is 0 Å². The van der Waals surface area contributed by atoms with E-state index < -0.39 is 15.8 Å². The first-order chi connectivity index (χ1) is 18.9. The fourth-order valence-electron chi connectivity index (χ4n) is 4.36. The van der Waals surface area contributed by atoms with Crippen LogP contribution in [0.15, 0.2) is 182 Å². The molecule has 0 nitrogen and oxygen atoms in total. The van der Waals surface area contributed by atoms with Crippen LogP contribution in [0.5, 0.6) is 0 Å². The first-order valence-corrected chi connectivity index (χ1v) is 15.5. The van der Waals surface area contributed by atoms with Crippen LogP contribution in [0.2, 0.25) is 0 Å². The molecule has 0 spiro atoms. The van der Waals surface area contributed by atoms with Crippen molar-refractivity contribution < 1.29 is 21.1 Å². The van der Waals surface area contributed by atoms with Crippen LogP contribution in [0, 0.1) is 14.9 Å². The Hall–Kier alpha value is -3.13. The standard InChI is InChI=1S/2C18H15P.2CH3.Pt/c2*1-4-10-16(11-5-1)19(17-12-6-2-7-13-17)18-14-8-3-9-15-18;;;/h2*1-15H;2*1H3;/q;;2*-1;+2. The first kappa shape index (κ1) is 34.1. The minimum Gasteiger partial charge on any atom is -0.358 e. The fraction of sp³-hybridized carbons (Fsp3) is 0. The van der Waals surface area contributed by atoms with Crippen molar-refractivity contribution in [3.63, 3.8) is 0 Å². The maximum atomic E-state index is 2.23. The van der Waals surface area contributed by atoms with Gasteiger partial charge in [-0.1, -0.05) is 182 Å². The molecule has 0 aliphatic carbocycles. The second-order valence-electron chi connectivity index (χ2n) is 8.68. The van der Waals surface area contributed by atoms with Gasteiger partial charge in [-0.2, -0.15) is 0 Å². The molecule has 0 unspecified atom stereocenters. The zero-order valence-electron chi connectivity index (χ0n) is 23.5. The molecule has 0 N–H and O–H groups in total. The third-order valence-corrected chi connectivity index (χ3v) is 11.0. The molecular formula is C38H36P2Pt. The van der Waals surface area contributed by atoms with E-state index in [9.17, 15) is 0 Å². The Kier molecular flexibility index (Phi) is 15.2. The predicted octanol–water partition coefficient (Wildman–Crippen LogP) is 7.79. The molecule has 0 radical (unpaired) electrons. The van der Waals surface area contributed by atoms with Crippen LogP contribution in [0.3, 0.4) is 0 Å². The summed E-state index contributed by atoms with van der Waals surface area (Å²) in [6.45, 7) is 0. The molecule has 208 valence electrons. The van der Waals surface area contributed by atoms with Gasteiger partial charge in [-0.15, -0.1) is 0 Å². The summed E-state index contributed by atoms with van der Waals surface area (Å²) in [5.41, 5.74) is 0. The van der Waals surface area contributed by atoms with Gasteiger partial charge < -0.3 is 14.9 Å². The Labute approximate surface area is 264 Å². The van der Waals surface area contributed by atoms with Gasteiger partial charge in [0, 0.05) is 0 Å². The molecule has 0 saturated carbocycles. The molecule has 0 heterocycles. The van der Waals surface area contributed by atoms with E-state index in [1.807, 2.05) is 0 Å². The second kappa shape index (κ2) is 18.3. The Morgan fingerprint density at radius 1 is 0.220 bits per heavy atom. The molecule has 3 heteroatoms. The van der Waals surface area contributed by atoms with Crippen molar-refractivity contribution in [1.82, 2.24) is 0 Å². The van der Waals surface area contributed by atoms with Gasteiger partial charge in [0.1, 0.15) is 0 Å². The van der Waals surface area contributed by atoms with Crippen LogP contribution >= 0.6 is 15.8 Å². The largest absolute Gasteiger partial charge is 2.00 e. The molecule has 0 aliphatic heterocycles. The van der Waals surface area contributed by atoms with Gasteiger partial charge in [0.25, 0.3) is 0 Å². The summed E-state index contributed by atoms with van der Waals surface area (Å²) in [4.78, 5) is 0. The average Bonchev–Trinajstić information content (AvgIpc) is 3.01. The number of benzene rings is 6. The van der Waals surface area contributed by atoms with Crippen molar-refractivity contribution >= 4 is 47.7 Å². The molecule has 0 aromatic heterocycles. The minimum atomic E-state index is -0.446. The Balaban J connectivity index is 0.000000267. The average molecular weight is 750 g/mol. The molecule has 41 heavy (non-hydrogen) atoms. The van der Waals surface area contributed by atoms with Crippen LogP contribution < -0.4 is 31.8 Å². The quantitative estimate of drug-likeness (QED) is 0.121. The van der Waals surface area contributed by atoms with E-state index in [0.29, 0.717) is 0 Å². The molecule has 6 aromatic carbocycles. The number of hydrogen-bond acceptors (Lipinski definition) is 0. The zero-order valence-corrected chi connectivity index (χ0v) is 27.6. The summed E-state index contributed by atoms with van der Waals surface area (Å²) in [5, 5.41) is 8.39. The molecular weight excluding hydrogens is 713 g/mol. The summed E-state index contributed by atoms with van der Waals surface area (Å²) < 4.78 is 0. The summed E-state index contributed by atoms with van der Waals surface area (Å²) in [7, 11) is -0.892. The van der Waals surface area contributed by atoms with Crippen LogP contribution in [-0.4, -0.2) is 0 Å². The van der Waals surface area contributed by atoms with Crippen molar-refractivity contribution in [2.24, 2.45) is 0 Å². The molecule has 0 saturated heterocycles. The van der Waals surface area contributed by atoms with Crippen LogP contribution in [0.25, 0.3) is 0 Å². The van der Waals surface area contributed by atoms with Crippen molar-refractivity contribution in [2.45, 2.75) is 0 Å². The monoisotopic (exact) mass is 749 g/mol. The third-order valence-electron chi connectivity index (χ3n) is 6.09. The maximum Gasteiger partial charge on any atom is 2.00 e. The van der Waals surface area contributed by atoms with Gasteiger partial charge >= 0.3 is 21.1 Å². The normalized spacial score (nSPS) is 9.80. The van der Waals surface area contributed by atoms with E-state index >= 15 is 0 Å². The summed E-state index contributed by atoms with van der Waals surface area (Å²) in [6.07, 6.45) is 0. The van der Waals surface area contributed by atoms with Gasteiger partial charge in [0.2, 0.25) is 0 Å². The van der Waals surface area contributed by atoms with E-state index in [0.717, 1.165) is 0 Å². The van der Waals surface area contributed by atoms with Gasteiger partial charge in [0.05, 0.1) is 0 Å². The maximum absolute atomic E-state index is 2.23. The van der Waals surface area contributed by atoms with E-state index in [4.69, 9.17) is 0 Å². The number of rotatable bonds is 6. The molecule has 0 amide bonds. The van der Waals surface area contributed by atoms with E-state index in [-0.39, 0.29) is 35.9 Å². The predicted molar refractivity (Wildman–Crippen MR) is 183 cm³/mol. The molecule has 0 fully saturated rings. The Bertz CT molecular complexity index is 1170. The third kappa shape index (κ3) is 9.45. The molecule has 6 rings (SSSR count). The minimum absolute atomic E-state index is 0. The molecule has 0 aliphatic rings. The van der Waals surface area contributed by atoms with Gasteiger partial charge in [-0.3, -0.25) is 0 Å². The summed E-state index contributed by atoms with van der Waals surface area (Å²) in [6, 6.07) is 64.7. The smallest absolute Gasteiger partial charge is 0.358 e. The Morgan fingerprint density at radius 3 is 0.463 bits per heavy atom. The van der Waals surface area contributed by atoms with Crippen molar-refractivity contribution in [1.29, 1.82) is 0 Å². The fourth-order valence-corrected chi connectivity index (χ4v) is 8.97. The second-order valence-corrected chi connectivity index (χ2v) is 13.1. The molecule has 0 bridgehead atoms. The molecule has 6 aromatic rings. The van der Waals surface area contributed by atoms with E-state index in [2.05, 4.69) is 182 Å². The van der Waals surface area contributed by atoms with Crippen molar-refractivity contribution in [2.75, 3.05) is 0 Å². The summed E-state index contributed by atoms with van der Waals surface area (Å²) >= 11 is 0. The zero-order chi connectivity index (χ0) is 25.8. The number of hydrogen-bond donors (Lipinski definition) is 0. The first-order valence-electron chi connectivity index (χ1n) is 12.8.